The third-order valence-electron chi connectivity index (χ3n) is 4.25. The summed E-state index contributed by atoms with van der Waals surface area (Å²) >= 11 is 1.34. The van der Waals surface area contributed by atoms with Gasteiger partial charge >= 0.3 is 0 Å². The Morgan fingerprint density at radius 2 is 2.00 bits per heavy atom. The maximum absolute atomic E-state index is 12.6. The largest absolute Gasteiger partial charge is 0.352 e. The molecule has 3 rings (SSSR count). The predicted molar refractivity (Wildman–Crippen MR) is 93.3 cm³/mol. The highest BCUT2D eigenvalue weighted by molar-refractivity contribution is 8.00. The Balaban J connectivity index is 1.62. The van der Waals surface area contributed by atoms with E-state index >= 15 is 0 Å². The molecule has 1 saturated heterocycles. The fourth-order valence-electron chi connectivity index (χ4n) is 2.62. The lowest BCUT2D eigenvalue weighted by molar-refractivity contribution is -0.120. The van der Waals surface area contributed by atoms with Crippen LogP contribution in [-0.4, -0.2) is 48.0 Å². The van der Waals surface area contributed by atoms with Crippen LogP contribution in [0.4, 0.5) is 0 Å². The first-order valence-electron chi connectivity index (χ1n) is 8.40. The first kappa shape index (κ1) is 17.7. The second kappa shape index (κ2) is 7.41. The van der Waals surface area contributed by atoms with E-state index in [1.165, 1.54) is 22.3 Å². The molecule has 6 nitrogen and oxygen atoms in total. The summed E-state index contributed by atoms with van der Waals surface area (Å²) in [6.45, 7) is 3.00. The van der Waals surface area contributed by atoms with Crippen molar-refractivity contribution in [3.05, 3.63) is 18.3 Å². The number of piperidine rings is 1. The van der Waals surface area contributed by atoms with Gasteiger partial charge in [0, 0.05) is 25.3 Å². The van der Waals surface area contributed by atoms with Crippen molar-refractivity contribution in [3.63, 3.8) is 0 Å². The van der Waals surface area contributed by atoms with Gasteiger partial charge in [0.2, 0.25) is 15.9 Å². The minimum atomic E-state index is -3.45. The van der Waals surface area contributed by atoms with Crippen LogP contribution in [0, 0.1) is 0 Å². The molecule has 2 heterocycles. The van der Waals surface area contributed by atoms with Gasteiger partial charge in [0.15, 0.2) is 0 Å². The van der Waals surface area contributed by atoms with Crippen molar-refractivity contribution < 1.29 is 13.2 Å². The minimum Gasteiger partial charge on any atom is -0.352 e. The summed E-state index contributed by atoms with van der Waals surface area (Å²) in [5.41, 5.74) is 0. The first-order valence-corrected chi connectivity index (χ1v) is 10.7. The Labute approximate surface area is 147 Å². The van der Waals surface area contributed by atoms with Crippen molar-refractivity contribution in [2.45, 2.75) is 60.2 Å². The highest BCUT2D eigenvalue weighted by atomic mass is 32.2. The summed E-state index contributed by atoms with van der Waals surface area (Å²) in [5.74, 6) is 0.00862. The second-order valence-electron chi connectivity index (χ2n) is 6.34. The SMILES string of the molecule is C[C@@H](Sc1ccc(S(=O)(=O)N2CCCCC2)cn1)C(=O)NC1CC1. The van der Waals surface area contributed by atoms with Crippen molar-refractivity contribution in [3.8, 4) is 0 Å². The molecule has 1 aliphatic heterocycles. The zero-order valence-corrected chi connectivity index (χ0v) is 15.4. The number of amides is 1. The number of aromatic nitrogens is 1. The van der Waals surface area contributed by atoms with E-state index in [1.54, 1.807) is 12.1 Å². The monoisotopic (exact) mass is 369 g/mol. The van der Waals surface area contributed by atoms with Crippen LogP contribution in [0.3, 0.4) is 0 Å². The highest BCUT2D eigenvalue weighted by Gasteiger charge is 2.27. The maximum Gasteiger partial charge on any atom is 0.244 e. The number of carbonyl (C=O) groups is 1. The number of thioether (sulfide) groups is 1. The molecular weight excluding hydrogens is 346 g/mol. The van der Waals surface area contributed by atoms with Crippen molar-refractivity contribution in [1.82, 2.24) is 14.6 Å². The Morgan fingerprint density at radius 1 is 1.29 bits per heavy atom. The fourth-order valence-corrected chi connectivity index (χ4v) is 4.88. The molecule has 1 amide bonds. The van der Waals surface area contributed by atoms with E-state index in [4.69, 9.17) is 0 Å². The van der Waals surface area contributed by atoms with Crippen LogP contribution in [0.1, 0.15) is 39.0 Å². The molecule has 1 atom stereocenters. The van der Waals surface area contributed by atoms with Crippen LogP contribution >= 0.6 is 11.8 Å². The molecular formula is C16H23N3O3S2. The normalized spacial score (nSPS) is 20.5. The van der Waals surface area contributed by atoms with Crippen LogP contribution in [0.15, 0.2) is 28.3 Å². The lowest BCUT2D eigenvalue weighted by atomic mass is 10.2. The lowest BCUT2D eigenvalue weighted by Crippen LogP contribution is -2.35. The van der Waals surface area contributed by atoms with Crippen molar-refractivity contribution >= 4 is 27.7 Å². The smallest absolute Gasteiger partial charge is 0.244 e. The molecule has 132 valence electrons. The Bertz CT molecular complexity index is 681. The van der Waals surface area contributed by atoms with Crippen molar-refractivity contribution in [1.29, 1.82) is 0 Å². The zero-order valence-electron chi connectivity index (χ0n) is 13.8. The van der Waals surface area contributed by atoms with Gasteiger partial charge in [0.25, 0.3) is 0 Å². The molecule has 0 bridgehead atoms. The highest BCUT2D eigenvalue weighted by Crippen LogP contribution is 2.26. The van der Waals surface area contributed by atoms with E-state index in [0.717, 1.165) is 32.1 Å². The maximum atomic E-state index is 12.6. The summed E-state index contributed by atoms with van der Waals surface area (Å²) in [5, 5.41) is 3.37. The van der Waals surface area contributed by atoms with Crippen LogP contribution < -0.4 is 5.32 Å². The van der Waals surface area contributed by atoms with Crippen molar-refractivity contribution in [2.24, 2.45) is 0 Å². The zero-order chi connectivity index (χ0) is 17.2. The molecule has 0 aromatic carbocycles. The Morgan fingerprint density at radius 3 is 2.58 bits per heavy atom. The number of rotatable bonds is 6. The van der Waals surface area contributed by atoms with E-state index in [9.17, 15) is 13.2 Å². The molecule has 0 unspecified atom stereocenters. The fraction of sp³-hybridized carbons (Fsp3) is 0.625. The standard InChI is InChI=1S/C16H23N3O3S2/c1-12(16(20)18-13-5-6-13)23-15-8-7-14(11-17-15)24(21,22)19-9-3-2-4-10-19/h7-8,11-13H,2-6,9-10H2,1H3,(H,18,20)/t12-/m1/s1. The number of nitrogens with zero attached hydrogens (tertiary/aromatic N) is 2. The molecule has 2 fully saturated rings. The molecule has 1 N–H and O–H groups in total. The van der Waals surface area contributed by atoms with Crippen LogP contribution in [0.5, 0.6) is 0 Å². The van der Waals surface area contributed by atoms with E-state index < -0.39 is 10.0 Å². The van der Waals surface area contributed by atoms with Gasteiger partial charge < -0.3 is 5.32 Å². The number of carbonyl (C=O) groups excluding carboxylic acids is 1. The minimum absolute atomic E-state index is 0.00862. The van der Waals surface area contributed by atoms with E-state index in [-0.39, 0.29) is 16.1 Å². The number of sulfonamides is 1. The molecule has 8 heteroatoms. The lowest BCUT2D eigenvalue weighted by Gasteiger charge is -2.25. The van der Waals surface area contributed by atoms with Crippen LogP contribution in [-0.2, 0) is 14.8 Å². The van der Waals surface area contributed by atoms with E-state index in [2.05, 4.69) is 10.3 Å². The Kier molecular flexibility index (Phi) is 5.46. The number of hydrogen-bond donors (Lipinski definition) is 1. The van der Waals surface area contributed by atoms with Gasteiger partial charge in [0.1, 0.15) is 4.90 Å². The molecule has 1 aromatic rings. The number of nitrogens with one attached hydrogen (secondary N) is 1. The number of pyridine rings is 1. The van der Waals surface area contributed by atoms with Gasteiger partial charge in [-0.3, -0.25) is 4.79 Å². The predicted octanol–water partition coefficient (Wildman–Crippen LogP) is 2.02. The van der Waals surface area contributed by atoms with Crippen molar-refractivity contribution in [2.75, 3.05) is 13.1 Å². The second-order valence-corrected chi connectivity index (χ2v) is 9.64. The van der Waals surface area contributed by atoms with Gasteiger partial charge in [-0.2, -0.15) is 4.31 Å². The topological polar surface area (TPSA) is 79.4 Å². The van der Waals surface area contributed by atoms with Gasteiger partial charge in [-0.1, -0.05) is 18.2 Å². The average molecular weight is 370 g/mol. The summed E-state index contributed by atoms with van der Waals surface area (Å²) in [7, 11) is -3.45. The summed E-state index contributed by atoms with van der Waals surface area (Å²) in [6, 6.07) is 3.61. The first-order chi connectivity index (χ1) is 11.5. The van der Waals surface area contributed by atoms with E-state index in [0.29, 0.717) is 24.2 Å². The summed E-state index contributed by atoms with van der Waals surface area (Å²) < 4.78 is 26.7. The molecule has 0 radical (unpaired) electrons. The van der Waals surface area contributed by atoms with Crippen LogP contribution in [0.2, 0.25) is 0 Å². The summed E-state index contributed by atoms with van der Waals surface area (Å²) in [4.78, 5) is 16.4. The van der Waals surface area contributed by atoms with Gasteiger partial charge in [-0.15, -0.1) is 0 Å². The van der Waals surface area contributed by atoms with E-state index in [1.807, 2.05) is 6.92 Å². The van der Waals surface area contributed by atoms with Gasteiger partial charge in [-0.25, -0.2) is 13.4 Å². The molecule has 24 heavy (non-hydrogen) atoms. The molecule has 1 saturated carbocycles. The van der Waals surface area contributed by atoms with Crippen LogP contribution in [0.25, 0.3) is 0 Å². The third kappa shape index (κ3) is 4.29. The quantitative estimate of drug-likeness (QED) is 0.776. The molecule has 0 spiro atoms. The number of hydrogen-bond acceptors (Lipinski definition) is 5. The van der Waals surface area contributed by atoms with Gasteiger partial charge in [-0.05, 0) is 44.7 Å². The molecule has 1 aliphatic carbocycles. The third-order valence-corrected chi connectivity index (χ3v) is 7.19. The summed E-state index contributed by atoms with van der Waals surface area (Å²) in [6.07, 6.45) is 6.43. The van der Waals surface area contributed by atoms with Gasteiger partial charge in [0.05, 0.1) is 10.3 Å². The average Bonchev–Trinajstić information content (AvgIpc) is 3.40. The molecule has 1 aromatic heterocycles. The Hall–Kier alpha value is -1.12. The molecule has 2 aliphatic rings.